The molecular weight excluding hydrogens is 296 g/mol. The molecule has 0 aromatic carbocycles. The van der Waals surface area contributed by atoms with E-state index in [4.69, 9.17) is 5.73 Å². The lowest BCUT2D eigenvalue weighted by atomic mass is 10.3. The van der Waals surface area contributed by atoms with E-state index in [9.17, 15) is 8.42 Å². The summed E-state index contributed by atoms with van der Waals surface area (Å²) < 4.78 is 28.7. The van der Waals surface area contributed by atoms with Crippen LogP contribution in [-0.4, -0.2) is 18.2 Å². The molecule has 8 heteroatoms. The van der Waals surface area contributed by atoms with E-state index in [2.05, 4.69) is 9.82 Å². The van der Waals surface area contributed by atoms with Gasteiger partial charge in [-0.2, -0.15) is 5.10 Å². The van der Waals surface area contributed by atoms with E-state index in [1.807, 2.05) is 19.9 Å². The Bertz CT molecular complexity index is 724. The van der Waals surface area contributed by atoms with Crippen molar-refractivity contribution in [3.63, 3.8) is 0 Å². The van der Waals surface area contributed by atoms with Crippen molar-refractivity contribution < 1.29 is 8.42 Å². The van der Waals surface area contributed by atoms with Crippen LogP contribution in [-0.2, 0) is 23.6 Å². The van der Waals surface area contributed by atoms with Crippen molar-refractivity contribution in [1.29, 1.82) is 0 Å². The SMILES string of the molecule is Cc1cc(CNS(=O)(=O)c2c(N)nn(C)c2C)sc1C. The highest BCUT2D eigenvalue weighted by Crippen LogP contribution is 2.23. The van der Waals surface area contributed by atoms with Gasteiger partial charge < -0.3 is 5.73 Å². The number of rotatable bonds is 4. The first-order chi connectivity index (χ1) is 9.22. The minimum atomic E-state index is -3.65. The quantitative estimate of drug-likeness (QED) is 0.894. The molecule has 2 rings (SSSR count). The molecule has 0 amide bonds. The normalized spacial score (nSPS) is 12.0. The van der Waals surface area contributed by atoms with Gasteiger partial charge >= 0.3 is 0 Å². The molecule has 0 aliphatic heterocycles. The van der Waals surface area contributed by atoms with Crippen molar-refractivity contribution in [2.75, 3.05) is 5.73 Å². The molecule has 0 spiro atoms. The first-order valence-electron chi connectivity index (χ1n) is 6.07. The fourth-order valence-electron chi connectivity index (χ4n) is 1.92. The van der Waals surface area contributed by atoms with Crippen molar-refractivity contribution in [3.05, 3.63) is 27.1 Å². The Kier molecular flexibility index (Phi) is 3.90. The van der Waals surface area contributed by atoms with Crippen molar-refractivity contribution in [2.24, 2.45) is 7.05 Å². The Hall–Kier alpha value is -1.38. The molecule has 0 saturated carbocycles. The van der Waals surface area contributed by atoms with E-state index < -0.39 is 10.0 Å². The third-order valence-electron chi connectivity index (χ3n) is 3.23. The number of thiophene rings is 1. The second-order valence-electron chi connectivity index (χ2n) is 4.70. The Morgan fingerprint density at radius 2 is 2.05 bits per heavy atom. The van der Waals surface area contributed by atoms with Crippen molar-refractivity contribution in [1.82, 2.24) is 14.5 Å². The van der Waals surface area contributed by atoms with Gasteiger partial charge in [-0.25, -0.2) is 13.1 Å². The molecule has 0 saturated heterocycles. The highest BCUT2D eigenvalue weighted by molar-refractivity contribution is 7.89. The molecule has 0 atom stereocenters. The van der Waals surface area contributed by atoms with Gasteiger partial charge in [0, 0.05) is 23.3 Å². The number of sulfonamides is 1. The topological polar surface area (TPSA) is 90.0 Å². The van der Waals surface area contributed by atoms with Crippen molar-refractivity contribution in [2.45, 2.75) is 32.2 Å². The van der Waals surface area contributed by atoms with Crippen LogP contribution in [0.3, 0.4) is 0 Å². The lowest BCUT2D eigenvalue weighted by Crippen LogP contribution is -2.24. The van der Waals surface area contributed by atoms with Crippen LogP contribution < -0.4 is 10.5 Å². The molecule has 3 N–H and O–H groups in total. The van der Waals surface area contributed by atoms with Crippen LogP contribution in [0.15, 0.2) is 11.0 Å². The second-order valence-corrected chi connectivity index (χ2v) is 7.74. The molecule has 6 nitrogen and oxygen atoms in total. The van der Waals surface area contributed by atoms with Gasteiger partial charge in [0.1, 0.15) is 4.90 Å². The van der Waals surface area contributed by atoms with Crippen LogP contribution in [0.25, 0.3) is 0 Å². The van der Waals surface area contributed by atoms with Gasteiger partial charge in [-0.1, -0.05) is 0 Å². The zero-order valence-corrected chi connectivity index (χ0v) is 13.5. The number of nitrogens with zero attached hydrogens (tertiary/aromatic N) is 2. The monoisotopic (exact) mass is 314 g/mol. The van der Waals surface area contributed by atoms with Crippen LogP contribution in [0.1, 0.15) is 21.0 Å². The average molecular weight is 314 g/mol. The van der Waals surface area contributed by atoms with Crippen LogP contribution in [0, 0.1) is 20.8 Å². The van der Waals surface area contributed by atoms with Gasteiger partial charge in [0.2, 0.25) is 10.0 Å². The summed E-state index contributed by atoms with van der Waals surface area (Å²) in [5.41, 5.74) is 7.37. The number of hydrogen-bond acceptors (Lipinski definition) is 5. The van der Waals surface area contributed by atoms with Crippen molar-refractivity contribution >= 4 is 27.2 Å². The van der Waals surface area contributed by atoms with E-state index in [0.717, 1.165) is 4.88 Å². The van der Waals surface area contributed by atoms with Gasteiger partial charge in [0.05, 0.1) is 5.69 Å². The summed E-state index contributed by atoms with van der Waals surface area (Å²) >= 11 is 1.58. The molecule has 2 aromatic rings. The largest absolute Gasteiger partial charge is 0.381 e. The van der Waals surface area contributed by atoms with Crippen LogP contribution >= 0.6 is 11.3 Å². The van der Waals surface area contributed by atoms with Gasteiger partial charge in [0.25, 0.3) is 0 Å². The van der Waals surface area contributed by atoms with Crippen LogP contribution in [0.5, 0.6) is 0 Å². The number of aromatic nitrogens is 2. The van der Waals surface area contributed by atoms with Crippen LogP contribution in [0.4, 0.5) is 5.82 Å². The van der Waals surface area contributed by atoms with E-state index >= 15 is 0 Å². The van der Waals surface area contributed by atoms with E-state index in [0.29, 0.717) is 5.69 Å². The highest BCUT2D eigenvalue weighted by Gasteiger charge is 2.24. The van der Waals surface area contributed by atoms with Gasteiger partial charge in [-0.3, -0.25) is 4.68 Å². The molecule has 0 radical (unpaired) electrons. The fourth-order valence-corrected chi connectivity index (χ4v) is 4.33. The molecular formula is C12H18N4O2S2. The molecule has 0 fully saturated rings. The Labute approximate surface area is 122 Å². The number of nitrogens with two attached hydrogens (primary N) is 1. The molecule has 110 valence electrons. The van der Waals surface area contributed by atoms with E-state index in [1.54, 1.807) is 25.3 Å². The molecule has 0 bridgehead atoms. The standard InChI is InChI=1S/C12H18N4O2S2/c1-7-5-10(19-9(7)3)6-14-20(17,18)11-8(2)16(4)15-12(11)13/h5,14H,6H2,1-4H3,(H2,13,15). The molecule has 2 aromatic heterocycles. The fraction of sp³-hybridized carbons (Fsp3) is 0.417. The minimum Gasteiger partial charge on any atom is -0.381 e. The van der Waals surface area contributed by atoms with Gasteiger partial charge in [0.15, 0.2) is 5.82 Å². The maximum Gasteiger partial charge on any atom is 0.246 e. The highest BCUT2D eigenvalue weighted by atomic mass is 32.2. The van der Waals surface area contributed by atoms with Gasteiger partial charge in [-0.05, 0) is 32.4 Å². The lowest BCUT2D eigenvalue weighted by molar-refractivity contribution is 0.581. The third kappa shape index (κ3) is 2.72. The second kappa shape index (κ2) is 5.19. The Balaban J connectivity index is 2.23. The third-order valence-corrected chi connectivity index (χ3v) is 5.95. The number of nitrogen functional groups attached to an aromatic ring is 1. The summed E-state index contributed by atoms with van der Waals surface area (Å²) in [6.45, 7) is 5.96. The predicted octanol–water partition coefficient (Wildman–Crippen LogP) is 1.47. The summed E-state index contributed by atoms with van der Waals surface area (Å²) in [6, 6.07) is 1.99. The number of nitrogens with one attached hydrogen (secondary N) is 1. The Morgan fingerprint density at radius 3 is 2.50 bits per heavy atom. The summed E-state index contributed by atoms with van der Waals surface area (Å²) in [7, 11) is -1.99. The van der Waals surface area contributed by atoms with E-state index in [-0.39, 0.29) is 17.3 Å². The number of aryl methyl sites for hydroxylation is 3. The number of anilines is 1. The summed E-state index contributed by atoms with van der Waals surface area (Å²) in [5.74, 6) is 0.0241. The molecule has 20 heavy (non-hydrogen) atoms. The molecule has 0 aliphatic carbocycles. The molecule has 0 aliphatic rings. The van der Waals surface area contributed by atoms with Crippen LogP contribution in [0.2, 0.25) is 0 Å². The number of hydrogen-bond donors (Lipinski definition) is 2. The predicted molar refractivity (Wildman–Crippen MR) is 80.2 cm³/mol. The summed E-state index contributed by atoms with van der Waals surface area (Å²) in [4.78, 5) is 2.23. The smallest absolute Gasteiger partial charge is 0.246 e. The van der Waals surface area contributed by atoms with Gasteiger partial charge in [-0.15, -0.1) is 11.3 Å². The molecule has 0 unspecified atom stereocenters. The zero-order chi connectivity index (χ0) is 15.1. The van der Waals surface area contributed by atoms with Crippen molar-refractivity contribution in [3.8, 4) is 0 Å². The molecule has 2 heterocycles. The first-order valence-corrected chi connectivity index (χ1v) is 8.37. The maximum atomic E-state index is 12.3. The Morgan fingerprint density at radius 1 is 1.40 bits per heavy atom. The first kappa shape index (κ1) is 15.0. The minimum absolute atomic E-state index is 0.0241. The average Bonchev–Trinajstić information content (AvgIpc) is 2.78. The summed E-state index contributed by atoms with van der Waals surface area (Å²) in [5, 5.41) is 3.93. The lowest BCUT2D eigenvalue weighted by Gasteiger charge is -2.05. The maximum absolute atomic E-state index is 12.3. The zero-order valence-electron chi connectivity index (χ0n) is 11.9. The van der Waals surface area contributed by atoms with E-state index in [1.165, 1.54) is 15.1 Å². The summed E-state index contributed by atoms with van der Waals surface area (Å²) in [6.07, 6.45) is 0.